The molecule has 1 atom stereocenters. The zero-order chi connectivity index (χ0) is 11.5. The van der Waals surface area contributed by atoms with Crippen molar-refractivity contribution in [3.8, 4) is 0 Å². The van der Waals surface area contributed by atoms with E-state index in [1.807, 2.05) is 24.3 Å². The Hall–Kier alpha value is -0.0200. The number of hydrogen-bond acceptors (Lipinski definition) is 1. The van der Waals surface area contributed by atoms with Crippen LogP contribution in [-0.2, 0) is 6.42 Å². The first-order valence-electron chi connectivity index (χ1n) is 4.79. The summed E-state index contributed by atoms with van der Waals surface area (Å²) in [5.74, 6) is 0. The zero-order valence-electron chi connectivity index (χ0n) is 8.29. The highest BCUT2D eigenvalue weighted by atomic mass is 79.9. The summed E-state index contributed by atoms with van der Waals surface area (Å²) in [6, 6.07) is 12.1. The number of alkyl halides is 1. The molecule has 1 aromatic carbocycles. The van der Waals surface area contributed by atoms with Crippen molar-refractivity contribution in [2.24, 2.45) is 0 Å². The predicted molar refractivity (Wildman–Crippen MR) is 75.8 cm³/mol. The van der Waals surface area contributed by atoms with Crippen molar-refractivity contribution in [2.45, 2.75) is 11.8 Å². The molecule has 16 heavy (non-hydrogen) atoms. The summed E-state index contributed by atoms with van der Waals surface area (Å²) in [5.41, 5.74) is 1.22. The van der Waals surface area contributed by atoms with Gasteiger partial charge in [-0.25, -0.2) is 0 Å². The van der Waals surface area contributed by atoms with Gasteiger partial charge in [0.1, 0.15) is 0 Å². The van der Waals surface area contributed by atoms with Crippen LogP contribution in [0, 0.1) is 0 Å². The fraction of sp³-hybridized carbons (Fsp3) is 0.167. The van der Waals surface area contributed by atoms with Gasteiger partial charge in [0.15, 0.2) is 0 Å². The van der Waals surface area contributed by atoms with Gasteiger partial charge in [0.2, 0.25) is 0 Å². The Bertz CT molecular complexity index is 481. The lowest BCUT2D eigenvalue weighted by molar-refractivity contribution is 0.939. The van der Waals surface area contributed by atoms with Crippen LogP contribution in [0.3, 0.4) is 0 Å². The normalized spacial score (nSPS) is 12.7. The molecular weight excluding hydrogens is 327 g/mol. The molecule has 0 amide bonds. The molecule has 0 spiro atoms. The second kappa shape index (κ2) is 5.54. The van der Waals surface area contributed by atoms with E-state index in [1.54, 1.807) is 11.3 Å². The van der Waals surface area contributed by atoms with Gasteiger partial charge in [-0.1, -0.05) is 39.7 Å². The molecule has 2 rings (SSSR count). The lowest BCUT2D eigenvalue weighted by atomic mass is 10.1. The molecule has 84 valence electrons. The molecule has 0 fully saturated rings. The van der Waals surface area contributed by atoms with Gasteiger partial charge >= 0.3 is 0 Å². The molecule has 0 aliphatic carbocycles. The molecule has 0 aliphatic heterocycles. The Labute approximate surface area is 117 Å². The molecule has 2 aromatic rings. The molecule has 0 nitrogen and oxygen atoms in total. The standard InChI is InChI=1S/C12H9BrCl2S/c13-9-3-1-2-8(6-9)7-10(14)11-4-5-12(15)16-11/h1-6,10H,7H2. The van der Waals surface area contributed by atoms with Crippen molar-refractivity contribution in [1.29, 1.82) is 0 Å². The lowest BCUT2D eigenvalue weighted by Gasteiger charge is -2.07. The number of hydrogen-bond donors (Lipinski definition) is 0. The predicted octanol–water partition coefficient (Wildman–Crippen LogP) is 5.69. The quantitative estimate of drug-likeness (QED) is 0.632. The molecule has 1 aromatic heterocycles. The van der Waals surface area contributed by atoms with Crippen LogP contribution in [0.15, 0.2) is 40.9 Å². The summed E-state index contributed by atoms with van der Waals surface area (Å²) in [6.45, 7) is 0. The van der Waals surface area contributed by atoms with Gasteiger partial charge in [-0.05, 0) is 36.2 Å². The number of halogens is 3. The van der Waals surface area contributed by atoms with Crippen molar-refractivity contribution < 1.29 is 0 Å². The van der Waals surface area contributed by atoms with Crippen LogP contribution in [0.5, 0.6) is 0 Å². The minimum absolute atomic E-state index is 0.00759. The van der Waals surface area contributed by atoms with E-state index in [9.17, 15) is 0 Å². The highest BCUT2D eigenvalue weighted by molar-refractivity contribution is 9.10. The molecule has 0 saturated heterocycles. The zero-order valence-corrected chi connectivity index (χ0v) is 12.2. The summed E-state index contributed by atoms with van der Waals surface area (Å²) in [7, 11) is 0. The third kappa shape index (κ3) is 3.24. The molecule has 0 aliphatic rings. The van der Waals surface area contributed by atoms with Crippen LogP contribution in [-0.4, -0.2) is 0 Å². The number of rotatable bonds is 3. The smallest absolute Gasteiger partial charge is 0.0931 e. The second-order valence-electron chi connectivity index (χ2n) is 3.44. The Morgan fingerprint density at radius 1 is 1.25 bits per heavy atom. The van der Waals surface area contributed by atoms with Crippen molar-refractivity contribution in [2.75, 3.05) is 0 Å². The minimum atomic E-state index is -0.00759. The van der Waals surface area contributed by atoms with Crippen LogP contribution in [0.2, 0.25) is 4.34 Å². The summed E-state index contributed by atoms with van der Waals surface area (Å²) < 4.78 is 1.87. The van der Waals surface area contributed by atoms with E-state index in [1.165, 1.54) is 5.56 Å². The summed E-state index contributed by atoms with van der Waals surface area (Å²) in [5, 5.41) is -0.00759. The van der Waals surface area contributed by atoms with E-state index in [-0.39, 0.29) is 5.38 Å². The Morgan fingerprint density at radius 3 is 2.69 bits per heavy atom. The van der Waals surface area contributed by atoms with E-state index >= 15 is 0 Å². The highest BCUT2D eigenvalue weighted by Crippen LogP contribution is 2.33. The molecule has 0 saturated carbocycles. The average molecular weight is 336 g/mol. The van der Waals surface area contributed by atoms with Crippen LogP contribution < -0.4 is 0 Å². The molecule has 0 N–H and O–H groups in total. The first-order valence-corrected chi connectivity index (χ1v) is 7.21. The number of benzene rings is 1. The van der Waals surface area contributed by atoms with Gasteiger partial charge in [-0.2, -0.15) is 0 Å². The van der Waals surface area contributed by atoms with E-state index in [0.717, 1.165) is 20.1 Å². The average Bonchev–Trinajstić information content (AvgIpc) is 2.65. The van der Waals surface area contributed by atoms with Crippen molar-refractivity contribution in [3.63, 3.8) is 0 Å². The fourth-order valence-corrected chi connectivity index (χ4v) is 3.34. The Kier molecular flexibility index (Phi) is 4.31. The van der Waals surface area contributed by atoms with Gasteiger partial charge < -0.3 is 0 Å². The molecule has 1 unspecified atom stereocenters. The van der Waals surface area contributed by atoms with Gasteiger partial charge in [0.05, 0.1) is 9.71 Å². The first kappa shape index (κ1) is 12.4. The third-order valence-electron chi connectivity index (χ3n) is 2.21. The van der Waals surface area contributed by atoms with Crippen LogP contribution in [0.25, 0.3) is 0 Å². The third-order valence-corrected chi connectivity index (χ3v) is 4.56. The van der Waals surface area contributed by atoms with Gasteiger partial charge in [0, 0.05) is 9.35 Å². The summed E-state index contributed by atoms with van der Waals surface area (Å²) >= 11 is 17.2. The van der Waals surface area contributed by atoms with Gasteiger partial charge in [0.25, 0.3) is 0 Å². The molecule has 0 radical (unpaired) electrons. The van der Waals surface area contributed by atoms with Crippen molar-refractivity contribution in [1.82, 2.24) is 0 Å². The lowest BCUT2D eigenvalue weighted by Crippen LogP contribution is -1.93. The fourth-order valence-electron chi connectivity index (χ4n) is 1.47. The number of thiophene rings is 1. The highest BCUT2D eigenvalue weighted by Gasteiger charge is 2.11. The molecule has 0 bridgehead atoms. The van der Waals surface area contributed by atoms with E-state index in [0.29, 0.717) is 0 Å². The SMILES string of the molecule is Clc1ccc(C(Cl)Cc2cccc(Br)c2)s1. The maximum Gasteiger partial charge on any atom is 0.0931 e. The van der Waals surface area contributed by atoms with Crippen LogP contribution >= 0.6 is 50.5 Å². The Morgan fingerprint density at radius 2 is 2.06 bits per heavy atom. The largest absolute Gasteiger partial charge is 0.127 e. The van der Waals surface area contributed by atoms with Crippen LogP contribution in [0.4, 0.5) is 0 Å². The van der Waals surface area contributed by atoms with E-state index < -0.39 is 0 Å². The monoisotopic (exact) mass is 334 g/mol. The summed E-state index contributed by atoms with van der Waals surface area (Å²) in [4.78, 5) is 1.12. The van der Waals surface area contributed by atoms with Crippen LogP contribution in [0.1, 0.15) is 15.8 Å². The first-order chi connectivity index (χ1) is 7.65. The van der Waals surface area contributed by atoms with Crippen molar-refractivity contribution >= 4 is 50.5 Å². The van der Waals surface area contributed by atoms with Crippen molar-refractivity contribution in [3.05, 3.63) is 55.6 Å². The topological polar surface area (TPSA) is 0 Å². The minimum Gasteiger partial charge on any atom is -0.127 e. The van der Waals surface area contributed by atoms with E-state index in [2.05, 4.69) is 28.1 Å². The summed E-state index contributed by atoms with van der Waals surface area (Å²) in [6.07, 6.45) is 0.817. The molecule has 4 heteroatoms. The van der Waals surface area contributed by atoms with Gasteiger partial charge in [-0.15, -0.1) is 22.9 Å². The van der Waals surface area contributed by atoms with E-state index in [4.69, 9.17) is 23.2 Å². The molecular formula is C12H9BrCl2S. The second-order valence-corrected chi connectivity index (χ2v) is 6.63. The Balaban J connectivity index is 2.10. The maximum absolute atomic E-state index is 6.34. The maximum atomic E-state index is 6.34. The van der Waals surface area contributed by atoms with Gasteiger partial charge in [-0.3, -0.25) is 0 Å². The molecule has 1 heterocycles.